The first-order valence-electron chi connectivity index (χ1n) is 7.29. The molecule has 1 aromatic heterocycles. The van der Waals surface area contributed by atoms with E-state index in [0.29, 0.717) is 11.8 Å². The van der Waals surface area contributed by atoms with Crippen LogP contribution in [-0.4, -0.2) is 60.4 Å². The summed E-state index contributed by atoms with van der Waals surface area (Å²) in [4.78, 5) is 9.00. The molecule has 1 saturated heterocycles. The van der Waals surface area contributed by atoms with Gasteiger partial charge in [0, 0.05) is 26.2 Å². The number of benzene rings is 1. The first-order valence-corrected chi connectivity index (χ1v) is 7.29. The smallest absolute Gasteiger partial charge is 0.247 e. The quantitative estimate of drug-likeness (QED) is 0.915. The SMILES string of the molecule is COc1ccccc1Nc1cnnc(N2CCN(C)CC2)n1. The van der Waals surface area contributed by atoms with E-state index in [4.69, 9.17) is 4.74 Å². The summed E-state index contributed by atoms with van der Waals surface area (Å²) in [6.07, 6.45) is 1.62. The fraction of sp³-hybridized carbons (Fsp3) is 0.400. The van der Waals surface area contributed by atoms with Crippen LogP contribution in [0.3, 0.4) is 0 Å². The number of hydrogen-bond donors (Lipinski definition) is 1. The second-order valence-corrected chi connectivity index (χ2v) is 5.26. The first kappa shape index (κ1) is 14.5. The lowest BCUT2D eigenvalue weighted by molar-refractivity contribution is 0.311. The molecule has 1 fully saturated rings. The van der Waals surface area contributed by atoms with Gasteiger partial charge >= 0.3 is 0 Å². The van der Waals surface area contributed by atoms with Crippen molar-refractivity contribution in [3.05, 3.63) is 30.5 Å². The summed E-state index contributed by atoms with van der Waals surface area (Å²) < 4.78 is 5.33. The molecule has 0 atom stereocenters. The molecular weight excluding hydrogens is 280 g/mol. The van der Waals surface area contributed by atoms with E-state index in [0.717, 1.165) is 37.6 Å². The Kier molecular flexibility index (Phi) is 4.34. The van der Waals surface area contributed by atoms with Crippen molar-refractivity contribution in [1.82, 2.24) is 20.1 Å². The fourth-order valence-electron chi connectivity index (χ4n) is 2.38. The Morgan fingerprint density at radius 3 is 2.68 bits per heavy atom. The number of rotatable bonds is 4. The summed E-state index contributed by atoms with van der Waals surface area (Å²) in [6.45, 7) is 3.84. The summed E-state index contributed by atoms with van der Waals surface area (Å²) in [5.74, 6) is 2.09. The summed E-state index contributed by atoms with van der Waals surface area (Å²) in [5.41, 5.74) is 0.856. The molecule has 1 aliphatic rings. The molecule has 22 heavy (non-hydrogen) atoms. The van der Waals surface area contributed by atoms with Gasteiger partial charge in [-0.05, 0) is 19.2 Å². The lowest BCUT2D eigenvalue weighted by atomic mass is 10.3. The molecule has 0 radical (unpaired) electrons. The number of nitrogens with zero attached hydrogens (tertiary/aromatic N) is 5. The third-order valence-corrected chi connectivity index (χ3v) is 3.70. The van der Waals surface area contributed by atoms with Crippen molar-refractivity contribution in [3.8, 4) is 5.75 Å². The third kappa shape index (κ3) is 3.25. The molecule has 0 aliphatic carbocycles. The van der Waals surface area contributed by atoms with Crippen LogP contribution in [0.25, 0.3) is 0 Å². The minimum atomic E-state index is 0.660. The second-order valence-electron chi connectivity index (χ2n) is 5.26. The Labute approximate surface area is 129 Å². The van der Waals surface area contributed by atoms with E-state index in [9.17, 15) is 0 Å². The predicted octanol–water partition coefficient (Wildman–Crippen LogP) is 1.38. The zero-order valence-electron chi connectivity index (χ0n) is 12.9. The molecule has 3 rings (SSSR count). The highest BCUT2D eigenvalue weighted by atomic mass is 16.5. The van der Waals surface area contributed by atoms with E-state index >= 15 is 0 Å². The molecule has 116 valence electrons. The molecule has 0 spiro atoms. The normalized spacial score (nSPS) is 15.6. The van der Waals surface area contributed by atoms with E-state index < -0.39 is 0 Å². The van der Waals surface area contributed by atoms with E-state index in [1.807, 2.05) is 24.3 Å². The lowest BCUT2D eigenvalue weighted by Gasteiger charge is -2.32. The number of para-hydroxylation sites is 2. The number of ether oxygens (including phenoxy) is 1. The Morgan fingerprint density at radius 1 is 1.14 bits per heavy atom. The highest BCUT2D eigenvalue weighted by Crippen LogP contribution is 2.26. The highest BCUT2D eigenvalue weighted by Gasteiger charge is 2.17. The van der Waals surface area contributed by atoms with Crippen molar-refractivity contribution >= 4 is 17.5 Å². The molecule has 1 aliphatic heterocycles. The van der Waals surface area contributed by atoms with Gasteiger partial charge in [-0.1, -0.05) is 12.1 Å². The third-order valence-electron chi connectivity index (χ3n) is 3.70. The van der Waals surface area contributed by atoms with Crippen LogP contribution in [0.2, 0.25) is 0 Å². The van der Waals surface area contributed by atoms with Gasteiger partial charge in [-0.3, -0.25) is 0 Å². The average Bonchev–Trinajstić information content (AvgIpc) is 2.56. The lowest BCUT2D eigenvalue weighted by Crippen LogP contribution is -2.45. The molecule has 0 unspecified atom stereocenters. The van der Waals surface area contributed by atoms with E-state index in [-0.39, 0.29) is 0 Å². The van der Waals surface area contributed by atoms with Crippen molar-refractivity contribution in [1.29, 1.82) is 0 Å². The minimum absolute atomic E-state index is 0.660. The maximum atomic E-state index is 5.33. The largest absolute Gasteiger partial charge is 0.495 e. The van der Waals surface area contributed by atoms with Gasteiger partial charge in [-0.25, -0.2) is 0 Å². The molecule has 2 aromatic rings. The second kappa shape index (κ2) is 6.57. The number of anilines is 3. The van der Waals surface area contributed by atoms with E-state index in [1.165, 1.54) is 0 Å². The summed E-state index contributed by atoms with van der Waals surface area (Å²) in [6, 6.07) is 7.72. The van der Waals surface area contributed by atoms with Gasteiger partial charge in [-0.15, -0.1) is 5.10 Å². The summed E-state index contributed by atoms with van der Waals surface area (Å²) >= 11 is 0. The predicted molar refractivity (Wildman–Crippen MR) is 85.8 cm³/mol. The maximum Gasteiger partial charge on any atom is 0.247 e. The van der Waals surface area contributed by atoms with Gasteiger partial charge < -0.3 is 19.9 Å². The molecular formula is C15H20N6O. The molecule has 2 heterocycles. The van der Waals surface area contributed by atoms with Gasteiger partial charge in [0.25, 0.3) is 0 Å². The Hall–Kier alpha value is -2.41. The van der Waals surface area contributed by atoms with Crippen molar-refractivity contribution < 1.29 is 4.74 Å². The molecule has 1 N–H and O–H groups in total. The molecule has 0 amide bonds. The van der Waals surface area contributed by atoms with Crippen molar-refractivity contribution in [2.75, 3.05) is 50.6 Å². The number of aromatic nitrogens is 3. The molecule has 0 bridgehead atoms. The van der Waals surface area contributed by atoms with Crippen LogP contribution in [0.15, 0.2) is 30.5 Å². The van der Waals surface area contributed by atoms with Gasteiger partial charge in [0.15, 0.2) is 5.82 Å². The van der Waals surface area contributed by atoms with Crippen molar-refractivity contribution in [2.45, 2.75) is 0 Å². The van der Waals surface area contributed by atoms with Crippen LogP contribution in [-0.2, 0) is 0 Å². The van der Waals surface area contributed by atoms with E-state index in [2.05, 4.69) is 37.3 Å². The first-order chi connectivity index (χ1) is 10.8. The number of nitrogens with one attached hydrogen (secondary N) is 1. The maximum absolute atomic E-state index is 5.33. The van der Waals surface area contributed by atoms with Crippen molar-refractivity contribution in [2.24, 2.45) is 0 Å². The molecule has 0 saturated carbocycles. The molecule has 1 aromatic carbocycles. The standard InChI is InChI=1S/C15H20N6O/c1-20-7-9-21(10-8-20)15-18-14(11-16-19-15)17-12-5-3-4-6-13(12)22-2/h3-6,11H,7-10H2,1-2H3,(H,17,18,19). The Balaban J connectivity index is 1.76. The van der Waals surface area contributed by atoms with Gasteiger partial charge in [0.05, 0.1) is 19.0 Å². The van der Waals surface area contributed by atoms with Crippen LogP contribution in [0, 0.1) is 0 Å². The molecule has 7 heteroatoms. The number of likely N-dealkylation sites (N-methyl/N-ethyl adjacent to an activating group) is 1. The highest BCUT2D eigenvalue weighted by molar-refractivity contribution is 5.64. The van der Waals surface area contributed by atoms with Crippen LogP contribution in [0.1, 0.15) is 0 Å². The minimum Gasteiger partial charge on any atom is -0.495 e. The Bertz CT molecular complexity index is 627. The topological polar surface area (TPSA) is 66.4 Å². The Morgan fingerprint density at radius 2 is 1.91 bits per heavy atom. The van der Waals surface area contributed by atoms with Gasteiger partial charge in [-0.2, -0.15) is 10.1 Å². The van der Waals surface area contributed by atoms with Crippen LogP contribution < -0.4 is 15.0 Å². The van der Waals surface area contributed by atoms with Gasteiger partial charge in [0.2, 0.25) is 5.95 Å². The number of hydrogen-bond acceptors (Lipinski definition) is 7. The average molecular weight is 300 g/mol. The number of methoxy groups -OCH3 is 1. The monoisotopic (exact) mass is 300 g/mol. The fourth-order valence-corrected chi connectivity index (χ4v) is 2.38. The summed E-state index contributed by atoms with van der Waals surface area (Å²) in [5, 5.41) is 11.4. The van der Waals surface area contributed by atoms with E-state index in [1.54, 1.807) is 13.3 Å². The zero-order valence-corrected chi connectivity index (χ0v) is 12.9. The van der Waals surface area contributed by atoms with Crippen molar-refractivity contribution in [3.63, 3.8) is 0 Å². The van der Waals surface area contributed by atoms with Gasteiger partial charge in [0.1, 0.15) is 5.75 Å². The van der Waals surface area contributed by atoms with Crippen LogP contribution >= 0.6 is 0 Å². The van der Waals surface area contributed by atoms with Crippen LogP contribution in [0.5, 0.6) is 5.75 Å². The van der Waals surface area contributed by atoms with Crippen LogP contribution in [0.4, 0.5) is 17.5 Å². The summed E-state index contributed by atoms with van der Waals surface area (Å²) in [7, 11) is 3.77. The molecule has 7 nitrogen and oxygen atoms in total. The number of piperazine rings is 1. The zero-order chi connectivity index (χ0) is 15.4.